The van der Waals surface area contributed by atoms with Gasteiger partial charge in [-0.15, -0.1) is 0 Å². The summed E-state index contributed by atoms with van der Waals surface area (Å²) in [5.74, 6) is 1.15. The maximum atomic E-state index is 13.6. The number of benzene rings is 1. The Morgan fingerprint density at radius 3 is 2.80 bits per heavy atom. The van der Waals surface area contributed by atoms with E-state index in [0.29, 0.717) is 37.6 Å². The van der Waals surface area contributed by atoms with Gasteiger partial charge in [0.25, 0.3) is 0 Å². The SMILES string of the molecule is CC(=O)[C@H](CCN(CCCCc1ccc2c(n1)NCCC2)CCOc1cncc(F)c1)Nc1c[nH]cc(-c2ccccc2)[n+]1=O. The van der Waals surface area contributed by atoms with Crippen LogP contribution in [0.25, 0.3) is 11.3 Å². The molecule has 0 amide bonds. The lowest BCUT2D eigenvalue weighted by atomic mass is 10.1. The van der Waals surface area contributed by atoms with Gasteiger partial charge in [-0.05, 0) is 57.2 Å². The number of ether oxygens (including phenoxy) is 1. The van der Waals surface area contributed by atoms with E-state index < -0.39 is 11.9 Å². The summed E-state index contributed by atoms with van der Waals surface area (Å²) in [7, 11) is 0. The fourth-order valence-corrected chi connectivity index (χ4v) is 5.47. The number of carbonyl (C=O) groups excluding carboxylic acids is 1. The first-order chi connectivity index (χ1) is 22.0. The molecule has 4 aromatic rings. The van der Waals surface area contributed by atoms with Crippen LogP contribution in [0, 0.1) is 10.7 Å². The normalized spacial score (nSPS) is 13.1. The molecule has 3 N–H and O–H groups in total. The van der Waals surface area contributed by atoms with Gasteiger partial charge in [0.2, 0.25) is 5.69 Å². The predicted octanol–water partition coefficient (Wildman–Crippen LogP) is 5.05. The minimum Gasteiger partial charge on any atom is -0.491 e. The largest absolute Gasteiger partial charge is 0.491 e. The van der Waals surface area contributed by atoms with E-state index in [0.717, 1.165) is 72.9 Å². The Bertz CT molecular complexity index is 1620. The molecule has 11 heteroatoms. The van der Waals surface area contributed by atoms with E-state index >= 15 is 0 Å². The zero-order chi connectivity index (χ0) is 31.4. The number of pyridine rings is 2. The first kappa shape index (κ1) is 31.8. The van der Waals surface area contributed by atoms with Gasteiger partial charge >= 0.3 is 5.82 Å². The van der Waals surface area contributed by atoms with Gasteiger partial charge in [-0.25, -0.2) is 9.37 Å². The molecule has 1 aliphatic rings. The van der Waals surface area contributed by atoms with Crippen molar-refractivity contribution >= 4 is 17.4 Å². The molecule has 0 spiro atoms. The molecule has 0 saturated heterocycles. The molecular weight excluding hydrogens is 573 g/mol. The summed E-state index contributed by atoms with van der Waals surface area (Å²) in [5.41, 5.74) is 3.59. The second-order valence-corrected chi connectivity index (χ2v) is 11.3. The summed E-state index contributed by atoms with van der Waals surface area (Å²) in [5, 5.41) is 6.56. The van der Waals surface area contributed by atoms with E-state index in [4.69, 9.17) is 9.72 Å². The van der Waals surface area contributed by atoms with Crippen LogP contribution in [-0.2, 0) is 17.6 Å². The third-order valence-electron chi connectivity index (χ3n) is 7.96. The number of aryl methyl sites for hydroxylation is 2. The first-order valence-electron chi connectivity index (χ1n) is 15.6. The Balaban J connectivity index is 1.19. The zero-order valence-electron chi connectivity index (χ0n) is 25.7. The summed E-state index contributed by atoms with van der Waals surface area (Å²) in [6.07, 6.45) is 11.3. The third kappa shape index (κ3) is 9.18. The number of hydrogen-bond donors (Lipinski definition) is 3. The number of halogens is 1. The number of Topliss-reactive ketones (excluding diaryl/α,β-unsaturated/α-hetero) is 1. The van der Waals surface area contributed by atoms with Gasteiger partial charge in [-0.1, -0.05) is 41.3 Å². The summed E-state index contributed by atoms with van der Waals surface area (Å²) in [6.45, 7) is 4.81. The molecule has 10 nitrogen and oxygen atoms in total. The Morgan fingerprint density at radius 2 is 1.98 bits per heavy atom. The molecule has 236 valence electrons. The van der Waals surface area contributed by atoms with Gasteiger partial charge in [0.05, 0.1) is 24.8 Å². The molecule has 0 aliphatic carbocycles. The van der Waals surface area contributed by atoms with Crippen molar-refractivity contribution in [2.75, 3.05) is 43.4 Å². The van der Waals surface area contributed by atoms with E-state index in [2.05, 4.69) is 37.6 Å². The van der Waals surface area contributed by atoms with Gasteiger partial charge in [0, 0.05) is 47.8 Å². The average Bonchev–Trinajstić information content (AvgIpc) is 3.05. The number of unbranched alkanes of at least 4 members (excludes halogenated alkanes) is 1. The highest BCUT2D eigenvalue weighted by atomic mass is 19.1. The molecule has 0 unspecified atom stereocenters. The van der Waals surface area contributed by atoms with E-state index in [9.17, 15) is 14.1 Å². The minimum atomic E-state index is -0.562. The standard InChI is InChI=1S/C34H41FN7O3/c1-25(43)31(40-33-24-37-23-32(42(33)44)26-8-3-2-4-9-26)14-17-41(18-19-45-30-20-28(35)21-36-22-30)16-6-5-11-29-13-12-27-10-7-15-38-34(27)39-29/h2-4,8-9,12-13,20-24,31,40H,5-7,10-11,14-19H2,1H3,(H,37,44)(H,38,39)/q+1/t31-/m0/s1. The van der Waals surface area contributed by atoms with E-state index in [1.54, 1.807) is 12.4 Å². The number of anilines is 2. The third-order valence-corrected chi connectivity index (χ3v) is 7.96. The molecule has 0 radical (unpaired) electrons. The Morgan fingerprint density at radius 1 is 1.11 bits per heavy atom. The van der Waals surface area contributed by atoms with Crippen LogP contribution in [0.15, 0.2) is 73.3 Å². The van der Waals surface area contributed by atoms with Crippen molar-refractivity contribution in [3.8, 4) is 17.0 Å². The highest BCUT2D eigenvalue weighted by Gasteiger charge is 2.24. The smallest absolute Gasteiger partial charge is 0.336 e. The number of ketones is 1. The molecule has 45 heavy (non-hydrogen) atoms. The molecule has 4 heterocycles. The second-order valence-electron chi connectivity index (χ2n) is 11.3. The molecule has 0 saturated carbocycles. The number of aromatic amines is 1. The number of aromatic nitrogens is 4. The molecular formula is C34H41FN7O3+. The van der Waals surface area contributed by atoms with Gasteiger partial charge in [0.15, 0.2) is 11.8 Å². The van der Waals surface area contributed by atoms with Crippen LogP contribution in [-0.4, -0.2) is 64.5 Å². The maximum absolute atomic E-state index is 13.6. The van der Waals surface area contributed by atoms with Gasteiger partial charge < -0.3 is 15.0 Å². The van der Waals surface area contributed by atoms with Crippen LogP contribution < -0.4 is 19.8 Å². The summed E-state index contributed by atoms with van der Waals surface area (Å²) in [6, 6.07) is 14.4. The Kier molecular flexibility index (Phi) is 11.2. The lowest BCUT2D eigenvalue weighted by molar-refractivity contribution is -0.466. The molecule has 0 fully saturated rings. The average molecular weight is 615 g/mol. The number of nitrogens with one attached hydrogen (secondary N) is 3. The van der Waals surface area contributed by atoms with Crippen LogP contribution in [0.3, 0.4) is 0 Å². The fourth-order valence-electron chi connectivity index (χ4n) is 5.47. The molecule has 1 aliphatic heterocycles. The van der Waals surface area contributed by atoms with E-state index in [-0.39, 0.29) is 11.6 Å². The van der Waals surface area contributed by atoms with Crippen LogP contribution in [0.2, 0.25) is 0 Å². The lowest BCUT2D eigenvalue weighted by Gasteiger charge is -2.24. The van der Waals surface area contributed by atoms with Gasteiger partial charge in [-0.3, -0.25) is 20.0 Å². The van der Waals surface area contributed by atoms with Crippen molar-refractivity contribution < 1.29 is 18.3 Å². The monoisotopic (exact) mass is 614 g/mol. The Hall–Kier alpha value is -4.64. The van der Waals surface area contributed by atoms with Crippen LogP contribution in [0.4, 0.5) is 16.0 Å². The predicted molar refractivity (Wildman–Crippen MR) is 172 cm³/mol. The van der Waals surface area contributed by atoms with E-state index in [1.807, 2.05) is 30.3 Å². The van der Waals surface area contributed by atoms with Crippen molar-refractivity contribution in [3.05, 3.63) is 95.3 Å². The molecule has 5 rings (SSSR count). The fraction of sp³-hybridized carbons (Fsp3) is 0.382. The van der Waals surface area contributed by atoms with Crippen molar-refractivity contribution in [3.63, 3.8) is 0 Å². The molecule has 1 atom stereocenters. The van der Waals surface area contributed by atoms with E-state index in [1.165, 1.54) is 24.8 Å². The first-order valence-corrected chi connectivity index (χ1v) is 15.6. The molecule has 3 aromatic heterocycles. The van der Waals surface area contributed by atoms with Crippen LogP contribution >= 0.6 is 0 Å². The maximum Gasteiger partial charge on any atom is 0.336 e. The van der Waals surface area contributed by atoms with Crippen molar-refractivity contribution in [2.45, 2.75) is 51.5 Å². The van der Waals surface area contributed by atoms with Crippen LogP contribution in [0.5, 0.6) is 5.75 Å². The number of carbonyl (C=O) groups is 1. The summed E-state index contributed by atoms with van der Waals surface area (Å²) >= 11 is 0. The molecule has 1 aromatic carbocycles. The number of rotatable bonds is 16. The lowest BCUT2D eigenvalue weighted by Crippen LogP contribution is -2.38. The number of H-pyrrole nitrogens is 1. The van der Waals surface area contributed by atoms with Gasteiger partial charge in [-0.2, -0.15) is 0 Å². The highest BCUT2D eigenvalue weighted by molar-refractivity contribution is 5.83. The second kappa shape index (κ2) is 15.9. The highest BCUT2D eigenvalue weighted by Crippen LogP contribution is 2.21. The topological polar surface area (TPSA) is 118 Å². The number of hydrogen-bond acceptors (Lipinski definition) is 8. The molecule has 0 bridgehead atoms. The summed E-state index contributed by atoms with van der Waals surface area (Å²) < 4.78 is 20.2. The van der Waals surface area contributed by atoms with Crippen molar-refractivity contribution in [2.24, 2.45) is 0 Å². The number of nitrogens with zero attached hydrogens (tertiary/aromatic N) is 4. The zero-order valence-corrected chi connectivity index (χ0v) is 25.7. The minimum absolute atomic E-state index is 0.0609. The summed E-state index contributed by atoms with van der Waals surface area (Å²) in [4.78, 5) is 39.8. The van der Waals surface area contributed by atoms with Crippen LogP contribution in [0.1, 0.15) is 43.9 Å². The quantitative estimate of drug-likeness (QED) is 0.119. The van der Waals surface area contributed by atoms with Gasteiger partial charge in [0.1, 0.15) is 24.0 Å². The number of fused-ring (bicyclic) bond motifs is 1. The van der Waals surface area contributed by atoms with Crippen molar-refractivity contribution in [1.29, 1.82) is 0 Å². The Labute approximate surface area is 262 Å². The van der Waals surface area contributed by atoms with Crippen molar-refractivity contribution in [1.82, 2.24) is 19.9 Å².